The lowest BCUT2D eigenvalue weighted by atomic mass is 9.77. The minimum atomic E-state index is 0.353. The van der Waals surface area contributed by atoms with E-state index in [9.17, 15) is 0 Å². The summed E-state index contributed by atoms with van der Waals surface area (Å²) < 4.78 is 5.57. The van der Waals surface area contributed by atoms with Gasteiger partial charge in [-0.25, -0.2) is 0 Å². The van der Waals surface area contributed by atoms with E-state index in [4.69, 9.17) is 16.3 Å². The molecular weight excluding hydrogens is 282 g/mol. The summed E-state index contributed by atoms with van der Waals surface area (Å²) in [6, 6.07) is 6.32. The summed E-state index contributed by atoms with van der Waals surface area (Å²) in [5.74, 6) is 2.50. The van der Waals surface area contributed by atoms with Crippen LogP contribution < -0.4 is 10.1 Å². The van der Waals surface area contributed by atoms with Crippen LogP contribution in [0.2, 0.25) is 5.02 Å². The number of halogens is 1. The van der Waals surface area contributed by atoms with Crippen molar-refractivity contribution < 1.29 is 4.74 Å². The molecule has 1 aliphatic rings. The predicted molar refractivity (Wildman–Crippen MR) is 90.2 cm³/mol. The van der Waals surface area contributed by atoms with Gasteiger partial charge in [0.2, 0.25) is 0 Å². The Labute approximate surface area is 134 Å². The van der Waals surface area contributed by atoms with E-state index in [2.05, 4.69) is 25.2 Å². The first-order valence-electron chi connectivity index (χ1n) is 8.22. The van der Waals surface area contributed by atoms with Gasteiger partial charge in [-0.05, 0) is 55.8 Å². The zero-order valence-corrected chi connectivity index (χ0v) is 14.2. The highest BCUT2D eigenvalue weighted by Crippen LogP contribution is 2.40. The van der Waals surface area contributed by atoms with Gasteiger partial charge in [0.15, 0.2) is 0 Å². The minimum Gasteiger partial charge on any atom is -0.496 e. The van der Waals surface area contributed by atoms with Crippen molar-refractivity contribution in [2.45, 2.75) is 52.0 Å². The SMILES string of the molecule is CCCNC(c1cc(Cl)ccc1OC)C1CCC(C)CC1. The molecule has 3 heteroatoms. The van der Waals surface area contributed by atoms with Crippen LogP contribution in [0.5, 0.6) is 5.75 Å². The third-order valence-electron chi connectivity index (χ3n) is 4.67. The molecule has 118 valence electrons. The topological polar surface area (TPSA) is 21.3 Å². The van der Waals surface area contributed by atoms with Gasteiger partial charge in [-0.2, -0.15) is 0 Å². The third kappa shape index (κ3) is 4.37. The van der Waals surface area contributed by atoms with Crippen LogP contribution in [0, 0.1) is 11.8 Å². The fourth-order valence-electron chi connectivity index (χ4n) is 3.40. The number of rotatable bonds is 6. The number of hydrogen-bond acceptors (Lipinski definition) is 2. The van der Waals surface area contributed by atoms with Gasteiger partial charge in [-0.15, -0.1) is 0 Å². The second-order valence-electron chi connectivity index (χ2n) is 6.34. The van der Waals surface area contributed by atoms with E-state index in [1.807, 2.05) is 12.1 Å². The quantitative estimate of drug-likeness (QED) is 0.778. The van der Waals surface area contributed by atoms with Crippen LogP contribution in [0.15, 0.2) is 18.2 Å². The predicted octanol–water partition coefficient (Wildman–Crippen LogP) is 5.22. The summed E-state index contributed by atoms with van der Waals surface area (Å²) in [4.78, 5) is 0. The second kappa shape index (κ2) is 8.05. The van der Waals surface area contributed by atoms with E-state index < -0.39 is 0 Å². The zero-order valence-electron chi connectivity index (χ0n) is 13.5. The Morgan fingerprint density at radius 1 is 1.29 bits per heavy atom. The Balaban J connectivity index is 2.24. The highest BCUT2D eigenvalue weighted by molar-refractivity contribution is 6.30. The fraction of sp³-hybridized carbons (Fsp3) is 0.667. The first kappa shape index (κ1) is 16.6. The van der Waals surface area contributed by atoms with Gasteiger partial charge in [0.05, 0.1) is 7.11 Å². The van der Waals surface area contributed by atoms with Crippen molar-refractivity contribution in [2.24, 2.45) is 11.8 Å². The lowest BCUT2D eigenvalue weighted by Crippen LogP contribution is -2.31. The molecule has 0 amide bonds. The highest BCUT2D eigenvalue weighted by atomic mass is 35.5. The van der Waals surface area contributed by atoms with Crippen molar-refractivity contribution in [2.75, 3.05) is 13.7 Å². The van der Waals surface area contributed by atoms with Crippen molar-refractivity contribution in [3.05, 3.63) is 28.8 Å². The lowest BCUT2D eigenvalue weighted by Gasteiger charge is -2.34. The maximum atomic E-state index is 6.23. The van der Waals surface area contributed by atoms with Crippen molar-refractivity contribution in [1.29, 1.82) is 0 Å². The van der Waals surface area contributed by atoms with Crippen LogP contribution in [0.25, 0.3) is 0 Å². The van der Waals surface area contributed by atoms with Crippen LogP contribution in [-0.2, 0) is 0 Å². The van der Waals surface area contributed by atoms with Gasteiger partial charge in [0.1, 0.15) is 5.75 Å². The monoisotopic (exact) mass is 309 g/mol. The van der Waals surface area contributed by atoms with Crippen LogP contribution in [0.4, 0.5) is 0 Å². The Morgan fingerprint density at radius 2 is 2.00 bits per heavy atom. The van der Waals surface area contributed by atoms with Crippen LogP contribution in [0.1, 0.15) is 57.6 Å². The number of methoxy groups -OCH3 is 1. The Bertz CT molecular complexity index is 441. The second-order valence-corrected chi connectivity index (χ2v) is 6.77. The van der Waals surface area contributed by atoms with E-state index in [0.717, 1.165) is 29.7 Å². The van der Waals surface area contributed by atoms with E-state index in [1.54, 1.807) is 7.11 Å². The third-order valence-corrected chi connectivity index (χ3v) is 4.91. The standard InChI is InChI=1S/C18H28ClNO/c1-4-11-20-18(14-7-5-13(2)6-8-14)16-12-15(19)9-10-17(16)21-3/h9-10,12-14,18,20H,4-8,11H2,1-3H3. The maximum absolute atomic E-state index is 6.23. The molecule has 1 atom stereocenters. The number of hydrogen-bond donors (Lipinski definition) is 1. The van der Waals surface area contributed by atoms with E-state index >= 15 is 0 Å². The molecule has 1 saturated carbocycles. The van der Waals surface area contributed by atoms with E-state index in [-0.39, 0.29) is 0 Å². The molecule has 0 bridgehead atoms. The van der Waals surface area contributed by atoms with Crippen molar-refractivity contribution in [3.8, 4) is 5.75 Å². The first-order valence-corrected chi connectivity index (χ1v) is 8.60. The van der Waals surface area contributed by atoms with Gasteiger partial charge in [-0.1, -0.05) is 38.3 Å². The average Bonchev–Trinajstić information content (AvgIpc) is 2.49. The minimum absolute atomic E-state index is 0.353. The molecule has 1 fully saturated rings. The van der Waals surface area contributed by atoms with Crippen molar-refractivity contribution in [1.82, 2.24) is 5.32 Å². The molecule has 0 radical (unpaired) electrons. The molecular formula is C18H28ClNO. The summed E-state index contributed by atoms with van der Waals surface area (Å²) in [5, 5.41) is 4.52. The smallest absolute Gasteiger partial charge is 0.123 e. The fourth-order valence-corrected chi connectivity index (χ4v) is 3.58. The molecule has 0 aromatic heterocycles. The van der Waals surface area contributed by atoms with Gasteiger partial charge < -0.3 is 10.1 Å². The average molecular weight is 310 g/mol. The lowest BCUT2D eigenvalue weighted by molar-refractivity contribution is 0.228. The van der Waals surface area contributed by atoms with Crippen molar-refractivity contribution in [3.63, 3.8) is 0 Å². The van der Waals surface area contributed by atoms with Crippen molar-refractivity contribution >= 4 is 11.6 Å². The molecule has 1 aromatic carbocycles. The summed E-state index contributed by atoms with van der Waals surface area (Å²) in [5.41, 5.74) is 1.22. The van der Waals surface area contributed by atoms with Gasteiger partial charge >= 0.3 is 0 Å². The number of ether oxygens (including phenoxy) is 1. The molecule has 0 saturated heterocycles. The van der Waals surface area contributed by atoms with Crippen LogP contribution in [0.3, 0.4) is 0 Å². The number of nitrogens with one attached hydrogen (secondary N) is 1. The molecule has 21 heavy (non-hydrogen) atoms. The Morgan fingerprint density at radius 3 is 2.62 bits per heavy atom. The molecule has 1 N–H and O–H groups in total. The van der Waals surface area contributed by atoms with Gasteiger partial charge in [0, 0.05) is 16.6 Å². The highest BCUT2D eigenvalue weighted by Gasteiger charge is 2.28. The van der Waals surface area contributed by atoms with Crippen LogP contribution >= 0.6 is 11.6 Å². The molecule has 0 heterocycles. The van der Waals surface area contributed by atoms with Crippen LogP contribution in [-0.4, -0.2) is 13.7 Å². The Kier molecular flexibility index (Phi) is 6.38. The molecule has 2 nitrogen and oxygen atoms in total. The molecule has 0 aliphatic heterocycles. The van der Waals surface area contributed by atoms with Gasteiger partial charge in [0.25, 0.3) is 0 Å². The van der Waals surface area contributed by atoms with E-state index in [0.29, 0.717) is 12.0 Å². The molecule has 1 unspecified atom stereocenters. The molecule has 2 rings (SSSR count). The van der Waals surface area contributed by atoms with Gasteiger partial charge in [-0.3, -0.25) is 0 Å². The molecule has 1 aromatic rings. The zero-order chi connectivity index (χ0) is 15.2. The molecule has 0 spiro atoms. The normalized spacial score (nSPS) is 23.8. The summed E-state index contributed by atoms with van der Waals surface area (Å²) >= 11 is 6.23. The summed E-state index contributed by atoms with van der Waals surface area (Å²) in [7, 11) is 1.74. The summed E-state index contributed by atoms with van der Waals surface area (Å²) in [6.45, 7) is 5.61. The molecule has 1 aliphatic carbocycles. The largest absolute Gasteiger partial charge is 0.496 e. The number of benzene rings is 1. The Hall–Kier alpha value is -0.730. The maximum Gasteiger partial charge on any atom is 0.123 e. The summed E-state index contributed by atoms with van der Waals surface area (Å²) in [6.07, 6.45) is 6.38. The van der Waals surface area contributed by atoms with E-state index in [1.165, 1.54) is 31.2 Å². The first-order chi connectivity index (χ1) is 10.2.